The zero-order valence-corrected chi connectivity index (χ0v) is 27.6. The van der Waals surface area contributed by atoms with Gasteiger partial charge in [0.05, 0.1) is 31.9 Å². The number of rotatable bonds is 13. The van der Waals surface area contributed by atoms with Gasteiger partial charge in [-0.1, -0.05) is 31.0 Å². The minimum absolute atomic E-state index is 0.0649. The Kier molecular flexibility index (Phi) is 11.0. The van der Waals surface area contributed by atoms with Crippen molar-refractivity contribution >= 4 is 27.5 Å². The SMILES string of the molecule is COc1ccc(CN(C(=O)CN(c2cc(C)cc(C)c2)S(=O)(=O)c2ccc(OC)c(OC)c2)C(C)C(=O)NC2CCCC2)cc1. The molecule has 1 aliphatic carbocycles. The Balaban J connectivity index is 1.74. The van der Waals surface area contributed by atoms with Gasteiger partial charge in [0, 0.05) is 18.7 Å². The van der Waals surface area contributed by atoms with Crippen LogP contribution >= 0.6 is 0 Å². The summed E-state index contributed by atoms with van der Waals surface area (Å²) in [4.78, 5) is 29.1. The molecule has 1 fully saturated rings. The monoisotopic (exact) mass is 637 g/mol. The number of aryl methyl sites for hydroxylation is 2. The van der Waals surface area contributed by atoms with Crippen LogP contribution in [0.25, 0.3) is 0 Å². The number of carbonyl (C=O) groups is 2. The summed E-state index contributed by atoms with van der Waals surface area (Å²) < 4.78 is 45.7. The number of amides is 2. The largest absolute Gasteiger partial charge is 0.497 e. The number of carbonyl (C=O) groups excluding carboxylic acids is 2. The smallest absolute Gasteiger partial charge is 0.264 e. The van der Waals surface area contributed by atoms with Gasteiger partial charge in [-0.15, -0.1) is 0 Å². The second-order valence-electron chi connectivity index (χ2n) is 11.4. The number of hydrogen-bond donors (Lipinski definition) is 1. The van der Waals surface area contributed by atoms with Gasteiger partial charge in [-0.25, -0.2) is 8.42 Å². The average molecular weight is 638 g/mol. The van der Waals surface area contributed by atoms with Crippen molar-refractivity contribution < 1.29 is 32.2 Å². The van der Waals surface area contributed by atoms with Gasteiger partial charge < -0.3 is 24.4 Å². The topological polar surface area (TPSA) is 114 Å². The molecular weight excluding hydrogens is 594 g/mol. The van der Waals surface area contributed by atoms with Crippen molar-refractivity contribution in [3.8, 4) is 17.2 Å². The van der Waals surface area contributed by atoms with E-state index in [2.05, 4.69) is 5.32 Å². The van der Waals surface area contributed by atoms with E-state index >= 15 is 0 Å². The lowest BCUT2D eigenvalue weighted by Gasteiger charge is -2.32. The van der Waals surface area contributed by atoms with Crippen LogP contribution in [0.3, 0.4) is 0 Å². The average Bonchev–Trinajstić information content (AvgIpc) is 3.54. The molecule has 0 saturated heterocycles. The van der Waals surface area contributed by atoms with Crippen LogP contribution in [0.5, 0.6) is 17.2 Å². The van der Waals surface area contributed by atoms with Crippen LogP contribution in [-0.2, 0) is 26.2 Å². The Morgan fingerprint density at radius 1 is 0.867 bits per heavy atom. The molecule has 0 bridgehead atoms. The molecule has 1 N–H and O–H groups in total. The van der Waals surface area contributed by atoms with E-state index in [1.807, 2.05) is 32.0 Å². The molecule has 1 aliphatic rings. The first-order valence-electron chi connectivity index (χ1n) is 15.0. The summed E-state index contributed by atoms with van der Waals surface area (Å²) in [7, 11) is 0.174. The lowest BCUT2D eigenvalue weighted by Crippen LogP contribution is -2.52. The highest BCUT2D eigenvalue weighted by atomic mass is 32.2. The highest BCUT2D eigenvalue weighted by Gasteiger charge is 2.34. The zero-order valence-electron chi connectivity index (χ0n) is 26.8. The summed E-state index contributed by atoms with van der Waals surface area (Å²) >= 11 is 0. The van der Waals surface area contributed by atoms with Gasteiger partial charge in [0.1, 0.15) is 18.3 Å². The minimum Gasteiger partial charge on any atom is -0.497 e. The molecule has 0 heterocycles. The Bertz CT molecular complexity index is 1580. The number of anilines is 1. The van der Waals surface area contributed by atoms with Gasteiger partial charge in [0.25, 0.3) is 10.0 Å². The van der Waals surface area contributed by atoms with E-state index in [4.69, 9.17) is 14.2 Å². The maximum atomic E-state index is 14.3. The van der Waals surface area contributed by atoms with Crippen molar-refractivity contribution in [1.29, 1.82) is 0 Å². The number of nitrogens with one attached hydrogen (secondary N) is 1. The molecule has 1 saturated carbocycles. The molecular formula is C34H43N3O7S. The molecule has 0 aliphatic heterocycles. The maximum Gasteiger partial charge on any atom is 0.264 e. The highest BCUT2D eigenvalue weighted by molar-refractivity contribution is 7.92. The number of hydrogen-bond acceptors (Lipinski definition) is 7. The normalized spacial score (nSPS) is 14.0. The third-order valence-electron chi connectivity index (χ3n) is 8.10. The first kappa shape index (κ1) is 33.6. The lowest BCUT2D eigenvalue weighted by molar-refractivity contribution is -0.139. The summed E-state index contributed by atoms with van der Waals surface area (Å²) in [6.45, 7) is 4.97. The third kappa shape index (κ3) is 8.08. The van der Waals surface area contributed by atoms with Crippen LogP contribution in [0.4, 0.5) is 5.69 Å². The van der Waals surface area contributed by atoms with Gasteiger partial charge in [-0.05, 0) is 86.7 Å². The number of nitrogens with zero attached hydrogens (tertiary/aromatic N) is 2. The fourth-order valence-corrected chi connectivity index (χ4v) is 7.04. The van der Waals surface area contributed by atoms with Gasteiger partial charge in [0.2, 0.25) is 11.8 Å². The summed E-state index contributed by atoms with van der Waals surface area (Å²) in [5, 5.41) is 3.09. The van der Waals surface area contributed by atoms with Crippen LogP contribution in [0, 0.1) is 13.8 Å². The summed E-state index contributed by atoms with van der Waals surface area (Å²) in [5.74, 6) is 0.472. The van der Waals surface area contributed by atoms with E-state index in [1.165, 1.54) is 37.3 Å². The number of ether oxygens (including phenoxy) is 3. The van der Waals surface area contributed by atoms with Crippen LogP contribution in [-0.4, -0.2) is 65.1 Å². The standard InChI is InChI=1S/C34H43N3O7S/c1-23-17-24(2)19-28(18-23)37(45(40,41)30-15-16-31(43-5)32(20-30)44-6)22-33(38)36(21-26-11-13-29(42-4)14-12-26)25(3)34(39)35-27-9-7-8-10-27/h11-20,25,27H,7-10,21-22H2,1-6H3,(H,35,39). The molecule has 0 spiro atoms. The van der Waals surface area contributed by atoms with E-state index in [-0.39, 0.29) is 29.1 Å². The van der Waals surface area contributed by atoms with Gasteiger partial charge in [0.15, 0.2) is 11.5 Å². The van der Waals surface area contributed by atoms with E-state index in [0.29, 0.717) is 17.2 Å². The molecule has 242 valence electrons. The Labute approximate surface area is 266 Å². The molecule has 0 aromatic heterocycles. The van der Waals surface area contributed by atoms with E-state index in [9.17, 15) is 18.0 Å². The molecule has 11 heteroatoms. The van der Waals surface area contributed by atoms with Crippen LogP contribution < -0.4 is 23.8 Å². The molecule has 3 aromatic rings. The fraction of sp³-hybridized carbons (Fsp3) is 0.412. The molecule has 1 atom stereocenters. The quantitative estimate of drug-likeness (QED) is 0.281. The first-order valence-corrected chi connectivity index (χ1v) is 16.5. The van der Waals surface area contributed by atoms with Gasteiger partial charge in [-0.3, -0.25) is 13.9 Å². The zero-order chi connectivity index (χ0) is 32.7. The number of methoxy groups -OCH3 is 3. The van der Waals surface area contributed by atoms with Crippen molar-refractivity contribution in [1.82, 2.24) is 10.2 Å². The summed E-state index contributed by atoms with van der Waals surface area (Å²) in [6.07, 6.45) is 3.89. The molecule has 4 rings (SSSR count). The lowest BCUT2D eigenvalue weighted by atomic mass is 10.1. The van der Waals surface area contributed by atoms with E-state index < -0.39 is 28.5 Å². The molecule has 10 nitrogen and oxygen atoms in total. The molecule has 3 aromatic carbocycles. The third-order valence-corrected chi connectivity index (χ3v) is 9.87. The van der Waals surface area contributed by atoms with Gasteiger partial charge in [-0.2, -0.15) is 0 Å². The van der Waals surface area contributed by atoms with E-state index in [0.717, 1.165) is 46.7 Å². The Morgan fingerprint density at radius 2 is 1.49 bits per heavy atom. The van der Waals surface area contributed by atoms with Crippen molar-refractivity contribution in [2.75, 3.05) is 32.2 Å². The van der Waals surface area contributed by atoms with Crippen LogP contribution in [0.1, 0.15) is 49.3 Å². The number of benzene rings is 3. The minimum atomic E-state index is -4.29. The second kappa shape index (κ2) is 14.7. The van der Waals surface area contributed by atoms with Crippen molar-refractivity contribution in [2.45, 2.75) is 70.0 Å². The van der Waals surface area contributed by atoms with Crippen molar-refractivity contribution in [2.24, 2.45) is 0 Å². The Morgan fingerprint density at radius 3 is 2.07 bits per heavy atom. The molecule has 0 radical (unpaired) electrons. The fourth-order valence-electron chi connectivity index (χ4n) is 5.63. The second-order valence-corrected chi connectivity index (χ2v) is 13.3. The van der Waals surface area contributed by atoms with E-state index in [1.54, 1.807) is 38.3 Å². The summed E-state index contributed by atoms with van der Waals surface area (Å²) in [5.41, 5.74) is 2.78. The Hall–Kier alpha value is -4.25. The van der Waals surface area contributed by atoms with Crippen LogP contribution in [0.15, 0.2) is 65.6 Å². The maximum absolute atomic E-state index is 14.3. The number of sulfonamides is 1. The van der Waals surface area contributed by atoms with Crippen molar-refractivity contribution in [3.05, 3.63) is 77.4 Å². The first-order chi connectivity index (χ1) is 21.5. The van der Waals surface area contributed by atoms with Crippen molar-refractivity contribution in [3.63, 3.8) is 0 Å². The van der Waals surface area contributed by atoms with Gasteiger partial charge >= 0.3 is 0 Å². The molecule has 45 heavy (non-hydrogen) atoms. The van der Waals surface area contributed by atoms with Crippen LogP contribution in [0.2, 0.25) is 0 Å². The summed E-state index contributed by atoms with van der Waals surface area (Å²) in [6, 6.07) is 16.1. The predicted octanol–water partition coefficient (Wildman–Crippen LogP) is 5.00. The highest BCUT2D eigenvalue weighted by Crippen LogP contribution is 2.33. The molecule has 2 amide bonds. The molecule has 1 unspecified atom stereocenters. The predicted molar refractivity (Wildman–Crippen MR) is 173 cm³/mol.